The van der Waals surface area contributed by atoms with Gasteiger partial charge in [0.15, 0.2) is 11.5 Å². The summed E-state index contributed by atoms with van der Waals surface area (Å²) in [5.74, 6) is 1.91. The van der Waals surface area contributed by atoms with E-state index in [0.29, 0.717) is 51.4 Å². The summed E-state index contributed by atoms with van der Waals surface area (Å²) in [7, 11) is 0. The second-order valence-corrected chi connectivity index (χ2v) is 9.61. The number of morpholine rings is 1. The quantitative estimate of drug-likeness (QED) is 0.608. The van der Waals surface area contributed by atoms with Crippen LogP contribution in [0.1, 0.15) is 44.9 Å². The monoisotopic (exact) mass is 456 g/mol. The first-order chi connectivity index (χ1) is 15.9. The van der Waals surface area contributed by atoms with Crippen LogP contribution >= 0.6 is 0 Å². The van der Waals surface area contributed by atoms with Crippen molar-refractivity contribution in [3.05, 3.63) is 41.7 Å². The number of hydrogen-bond donors (Lipinski definition) is 0. The number of fused-ring (bicyclic) bond motifs is 1. The van der Waals surface area contributed by atoms with E-state index in [9.17, 15) is 4.79 Å². The Kier molecular flexibility index (Phi) is 7.55. The molecule has 1 amide bonds. The average Bonchev–Trinajstić information content (AvgIpc) is 3.27. The first-order valence-electron chi connectivity index (χ1n) is 11.9. The van der Waals surface area contributed by atoms with Gasteiger partial charge in [-0.2, -0.15) is 5.10 Å². The van der Waals surface area contributed by atoms with Crippen molar-refractivity contribution in [2.24, 2.45) is 5.92 Å². The van der Waals surface area contributed by atoms with E-state index in [1.165, 1.54) is 0 Å². The molecule has 1 unspecified atom stereocenters. The van der Waals surface area contributed by atoms with Crippen molar-refractivity contribution in [1.82, 2.24) is 19.6 Å². The molecule has 0 aliphatic carbocycles. The van der Waals surface area contributed by atoms with Crippen molar-refractivity contribution in [3.63, 3.8) is 0 Å². The van der Waals surface area contributed by atoms with E-state index in [2.05, 4.69) is 43.9 Å². The zero-order valence-corrected chi connectivity index (χ0v) is 20.2. The summed E-state index contributed by atoms with van der Waals surface area (Å²) in [5, 5.41) is 4.44. The number of ether oxygens (including phenoxy) is 3. The Morgan fingerprint density at radius 2 is 1.91 bits per heavy atom. The molecule has 8 nitrogen and oxygen atoms in total. The van der Waals surface area contributed by atoms with Crippen LogP contribution < -0.4 is 9.47 Å². The number of hydrogen-bond acceptors (Lipinski definition) is 6. The summed E-state index contributed by atoms with van der Waals surface area (Å²) in [6.45, 7) is 13.5. The molecule has 33 heavy (non-hydrogen) atoms. The number of nitrogens with zero attached hydrogens (tertiary/aromatic N) is 4. The fraction of sp³-hybridized carbons (Fsp3) is 0.600. The van der Waals surface area contributed by atoms with E-state index < -0.39 is 6.10 Å². The van der Waals surface area contributed by atoms with Crippen LogP contribution in [0.25, 0.3) is 0 Å². The van der Waals surface area contributed by atoms with E-state index in [4.69, 9.17) is 14.2 Å². The fourth-order valence-electron chi connectivity index (χ4n) is 4.28. The number of amides is 1. The molecular formula is C25H36N4O4. The maximum absolute atomic E-state index is 13.5. The molecular weight excluding hydrogens is 420 g/mol. The molecule has 0 spiro atoms. The highest BCUT2D eigenvalue weighted by Crippen LogP contribution is 2.31. The van der Waals surface area contributed by atoms with Gasteiger partial charge in [0.1, 0.15) is 19.3 Å². The third kappa shape index (κ3) is 6.06. The van der Waals surface area contributed by atoms with Crippen LogP contribution in [0, 0.1) is 5.92 Å². The standard InChI is InChI=1S/C25H36N4O4/c1-18(2)13-28(15-20-5-6-22-23(11-20)33-10-9-32-22)25(30)24-17-27(7-8-31-24)14-21-12-26-29(16-21)19(3)4/h5-6,11-12,16,18-19,24H,7-10,13-15,17H2,1-4H3. The fourth-order valence-corrected chi connectivity index (χ4v) is 4.28. The minimum Gasteiger partial charge on any atom is -0.486 e. The van der Waals surface area contributed by atoms with Gasteiger partial charge in [0.05, 0.1) is 12.8 Å². The molecule has 1 atom stereocenters. The smallest absolute Gasteiger partial charge is 0.253 e. The second-order valence-electron chi connectivity index (χ2n) is 9.61. The summed E-state index contributed by atoms with van der Waals surface area (Å²) in [4.78, 5) is 17.7. The van der Waals surface area contributed by atoms with Crippen molar-refractivity contribution in [1.29, 1.82) is 0 Å². The molecule has 2 aliphatic rings. The molecule has 0 N–H and O–H groups in total. The van der Waals surface area contributed by atoms with Gasteiger partial charge >= 0.3 is 0 Å². The lowest BCUT2D eigenvalue weighted by Crippen LogP contribution is -2.51. The number of aromatic nitrogens is 2. The first kappa shape index (κ1) is 23.6. The van der Waals surface area contributed by atoms with E-state index in [0.717, 1.165) is 35.7 Å². The molecule has 1 aromatic carbocycles. The lowest BCUT2D eigenvalue weighted by molar-refractivity contribution is -0.151. The maximum atomic E-state index is 13.5. The van der Waals surface area contributed by atoms with Crippen LogP contribution in [0.5, 0.6) is 11.5 Å². The molecule has 3 heterocycles. The molecule has 1 fully saturated rings. The molecule has 8 heteroatoms. The van der Waals surface area contributed by atoms with Crippen molar-refractivity contribution >= 4 is 5.91 Å². The summed E-state index contributed by atoms with van der Waals surface area (Å²) < 4.78 is 19.3. The lowest BCUT2D eigenvalue weighted by Gasteiger charge is -2.35. The highest BCUT2D eigenvalue weighted by molar-refractivity contribution is 5.81. The normalized spacial score (nSPS) is 18.7. The molecule has 180 valence electrons. The molecule has 0 saturated carbocycles. The molecule has 0 bridgehead atoms. The number of rotatable bonds is 8. The summed E-state index contributed by atoms with van der Waals surface area (Å²) in [5.41, 5.74) is 2.19. The summed E-state index contributed by atoms with van der Waals surface area (Å²) >= 11 is 0. The van der Waals surface area contributed by atoms with Gasteiger partial charge in [0.2, 0.25) is 0 Å². The predicted molar refractivity (Wildman–Crippen MR) is 125 cm³/mol. The number of carbonyl (C=O) groups is 1. The lowest BCUT2D eigenvalue weighted by atomic mass is 10.1. The largest absolute Gasteiger partial charge is 0.486 e. The second kappa shape index (κ2) is 10.6. The zero-order chi connectivity index (χ0) is 23.4. The van der Waals surface area contributed by atoms with Gasteiger partial charge in [0.25, 0.3) is 5.91 Å². The Labute approximate surface area is 196 Å². The van der Waals surface area contributed by atoms with Gasteiger partial charge in [0, 0.05) is 50.5 Å². The minimum absolute atomic E-state index is 0.0427. The van der Waals surface area contributed by atoms with Crippen molar-refractivity contribution in [2.45, 2.75) is 52.9 Å². The minimum atomic E-state index is -0.463. The Morgan fingerprint density at radius 1 is 1.12 bits per heavy atom. The van der Waals surface area contributed by atoms with Crippen LogP contribution in [0.15, 0.2) is 30.6 Å². The molecule has 1 aromatic heterocycles. The summed E-state index contributed by atoms with van der Waals surface area (Å²) in [6.07, 6.45) is 3.54. The van der Waals surface area contributed by atoms with Gasteiger partial charge in [-0.3, -0.25) is 14.4 Å². The van der Waals surface area contributed by atoms with Gasteiger partial charge in [-0.15, -0.1) is 0 Å². The predicted octanol–water partition coefficient (Wildman–Crippen LogP) is 3.12. The van der Waals surface area contributed by atoms with Crippen LogP contribution in [-0.4, -0.2) is 71.0 Å². The number of carbonyl (C=O) groups excluding carboxylic acids is 1. The van der Waals surface area contributed by atoms with E-state index in [1.807, 2.05) is 34.0 Å². The topological polar surface area (TPSA) is 69.1 Å². The SMILES string of the molecule is CC(C)CN(Cc1ccc2c(c1)OCCO2)C(=O)C1CN(Cc2cnn(C(C)C)c2)CCO1. The van der Waals surface area contributed by atoms with Crippen LogP contribution in [0.3, 0.4) is 0 Å². The molecule has 0 radical (unpaired) electrons. The van der Waals surface area contributed by atoms with Gasteiger partial charge in [-0.1, -0.05) is 19.9 Å². The molecule has 1 saturated heterocycles. The van der Waals surface area contributed by atoms with Gasteiger partial charge in [-0.25, -0.2) is 0 Å². The van der Waals surface area contributed by atoms with E-state index in [1.54, 1.807) is 0 Å². The molecule has 2 aliphatic heterocycles. The average molecular weight is 457 g/mol. The van der Waals surface area contributed by atoms with Crippen molar-refractivity contribution in [3.8, 4) is 11.5 Å². The Hall–Kier alpha value is -2.58. The van der Waals surface area contributed by atoms with Crippen molar-refractivity contribution < 1.29 is 19.0 Å². The van der Waals surface area contributed by atoms with Crippen LogP contribution in [-0.2, 0) is 22.6 Å². The third-order valence-corrected chi connectivity index (χ3v) is 5.89. The van der Waals surface area contributed by atoms with Crippen molar-refractivity contribution in [2.75, 3.05) is 39.5 Å². The van der Waals surface area contributed by atoms with Gasteiger partial charge < -0.3 is 19.1 Å². The Morgan fingerprint density at radius 3 is 2.64 bits per heavy atom. The highest BCUT2D eigenvalue weighted by Gasteiger charge is 2.31. The van der Waals surface area contributed by atoms with E-state index in [-0.39, 0.29) is 5.91 Å². The van der Waals surface area contributed by atoms with Crippen LogP contribution in [0.4, 0.5) is 0 Å². The summed E-state index contributed by atoms with van der Waals surface area (Å²) in [6, 6.07) is 6.25. The Balaban J connectivity index is 1.42. The molecule has 2 aromatic rings. The maximum Gasteiger partial charge on any atom is 0.253 e. The molecule has 4 rings (SSSR count). The highest BCUT2D eigenvalue weighted by atomic mass is 16.6. The zero-order valence-electron chi connectivity index (χ0n) is 20.2. The van der Waals surface area contributed by atoms with Crippen LogP contribution in [0.2, 0.25) is 0 Å². The third-order valence-electron chi connectivity index (χ3n) is 5.89. The Bertz CT molecular complexity index is 942. The van der Waals surface area contributed by atoms with E-state index >= 15 is 0 Å². The first-order valence-corrected chi connectivity index (χ1v) is 11.9. The van der Waals surface area contributed by atoms with Gasteiger partial charge in [-0.05, 0) is 37.5 Å². The number of benzene rings is 1.